The van der Waals surface area contributed by atoms with Crippen molar-refractivity contribution < 1.29 is 4.79 Å². The zero-order chi connectivity index (χ0) is 15.4. The van der Waals surface area contributed by atoms with Crippen LogP contribution in [-0.4, -0.2) is 22.1 Å². The van der Waals surface area contributed by atoms with Gasteiger partial charge >= 0.3 is 0 Å². The number of aromatic amines is 1. The molecule has 22 heavy (non-hydrogen) atoms. The summed E-state index contributed by atoms with van der Waals surface area (Å²) in [6.45, 7) is 2.04. The van der Waals surface area contributed by atoms with E-state index < -0.39 is 0 Å². The maximum absolute atomic E-state index is 12.4. The Labute approximate surface area is 131 Å². The molecule has 0 saturated heterocycles. The summed E-state index contributed by atoms with van der Waals surface area (Å²) in [5, 5.41) is 10.2. The largest absolute Gasteiger partial charge is 0.347 e. The summed E-state index contributed by atoms with van der Waals surface area (Å²) in [5.74, 6) is 0.340. The lowest BCUT2D eigenvalue weighted by atomic mass is 9.80. The van der Waals surface area contributed by atoms with E-state index in [1.165, 1.54) is 18.4 Å². The number of hydrogen-bond donors (Lipinski definition) is 2. The van der Waals surface area contributed by atoms with Crippen LogP contribution in [0.25, 0.3) is 0 Å². The smallest absolute Gasteiger partial charge is 0.272 e. The van der Waals surface area contributed by atoms with Crippen LogP contribution >= 0.6 is 0 Å². The van der Waals surface area contributed by atoms with Gasteiger partial charge in [-0.1, -0.05) is 50.1 Å². The lowest BCUT2D eigenvalue weighted by molar-refractivity contribution is 0.0915. The molecule has 116 valence electrons. The maximum Gasteiger partial charge on any atom is 0.272 e. The normalized spacial score (nSPS) is 21.5. The molecule has 0 spiro atoms. The van der Waals surface area contributed by atoms with Crippen LogP contribution in [0.4, 0.5) is 0 Å². The summed E-state index contributed by atoms with van der Waals surface area (Å²) in [4.78, 5) is 12.4. The molecule has 1 fully saturated rings. The molecule has 2 aromatic rings. The van der Waals surface area contributed by atoms with Crippen LogP contribution in [0.15, 0.2) is 36.4 Å². The van der Waals surface area contributed by atoms with Crippen molar-refractivity contribution in [1.29, 1.82) is 0 Å². The molecular formula is C18H23N3O. The van der Waals surface area contributed by atoms with Crippen LogP contribution in [0.5, 0.6) is 0 Å². The number of H-pyrrole nitrogens is 1. The van der Waals surface area contributed by atoms with Gasteiger partial charge in [-0.25, -0.2) is 0 Å². The molecular weight excluding hydrogens is 274 g/mol. The third kappa shape index (κ3) is 3.21. The highest BCUT2D eigenvalue weighted by molar-refractivity contribution is 5.92. The fraction of sp³-hybridized carbons (Fsp3) is 0.444. The maximum atomic E-state index is 12.4. The van der Waals surface area contributed by atoms with E-state index in [2.05, 4.69) is 39.8 Å². The molecule has 1 aliphatic rings. The van der Waals surface area contributed by atoms with Crippen molar-refractivity contribution in [3.05, 3.63) is 53.3 Å². The molecule has 2 atom stereocenters. The highest BCUT2D eigenvalue weighted by atomic mass is 16.2. The summed E-state index contributed by atoms with van der Waals surface area (Å²) < 4.78 is 0. The number of amides is 1. The number of carbonyl (C=O) groups excluding carboxylic acids is 1. The monoisotopic (exact) mass is 297 g/mol. The van der Waals surface area contributed by atoms with E-state index in [1.807, 2.05) is 19.1 Å². The SMILES string of the molecule is CCc1cc(C(=O)N[C@@H]2CCCC[C@H]2c2ccccc2)n[nH]1. The Kier molecular flexibility index (Phi) is 4.56. The number of benzene rings is 1. The standard InChI is InChI=1S/C18H23N3O/c1-2-14-12-17(21-20-14)18(22)19-16-11-7-6-10-15(16)13-8-4-3-5-9-13/h3-5,8-9,12,15-16H,2,6-7,10-11H2,1H3,(H,19,22)(H,20,21)/t15-,16+/m0/s1. The lowest BCUT2D eigenvalue weighted by Gasteiger charge is -2.32. The van der Waals surface area contributed by atoms with Crippen LogP contribution < -0.4 is 5.32 Å². The Morgan fingerprint density at radius 3 is 2.77 bits per heavy atom. The van der Waals surface area contributed by atoms with Crippen molar-refractivity contribution in [2.45, 2.75) is 51.0 Å². The molecule has 3 rings (SSSR count). The van der Waals surface area contributed by atoms with Gasteiger partial charge in [0.2, 0.25) is 0 Å². The topological polar surface area (TPSA) is 57.8 Å². The second-order valence-corrected chi connectivity index (χ2v) is 6.01. The Bertz CT molecular complexity index is 620. The number of carbonyl (C=O) groups is 1. The van der Waals surface area contributed by atoms with E-state index in [9.17, 15) is 4.79 Å². The van der Waals surface area contributed by atoms with Gasteiger partial charge in [-0.2, -0.15) is 5.10 Å². The van der Waals surface area contributed by atoms with Gasteiger partial charge in [-0.3, -0.25) is 9.89 Å². The Balaban J connectivity index is 1.72. The molecule has 0 radical (unpaired) electrons. The molecule has 1 aromatic carbocycles. The van der Waals surface area contributed by atoms with Gasteiger partial charge in [-0.05, 0) is 30.9 Å². The van der Waals surface area contributed by atoms with Gasteiger partial charge in [-0.15, -0.1) is 0 Å². The molecule has 1 aromatic heterocycles. The number of hydrogen-bond acceptors (Lipinski definition) is 2. The number of nitrogens with zero attached hydrogens (tertiary/aromatic N) is 1. The summed E-state index contributed by atoms with van der Waals surface area (Å²) >= 11 is 0. The van der Waals surface area contributed by atoms with Gasteiger partial charge in [0.15, 0.2) is 0 Å². The van der Waals surface area contributed by atoms with E-state index in [4.69, 9.17) is 0 Å². The summed E-state index contributed by atoms with van der Waals surface area (Å²) in [6.07, 6.45) is 5.44. The zero-order valence-corrected chi connectivity index (χ0v) is 13.0. The van der Waals surface area contributed by atoms with Crippen molar-refractivity contribution >= 4 is 5.91 Å². The molecule has 1 aliphatic carbocycles. The summed E-state index contributed by atoms with van der Waals surface area (Å²) in [7, 11) is 0. The molecule has 1 heterocycles. The molecule has 1 amide bonds. The van der Waals surface area contributed by atoms with E-state index >= 15 is 0 Å². The molecule has 0 aliphatic heterocycles. The van der Waals surface area contributed by atoms with E-state index in [1.54, 1.807) is 0 Å². The Morgan fingerprint density at radius 2 is 2.05 bits per heavy atom. The van der Waals surface area contributed by atoms with E-state index in [0.717, 1.165) is 25.0 Å². The van der Waals surface area contributed by atoms with Crippen LogP contribution in [0, 0.1) is 0 Å². The minimum Gasteiger partial charge on any atom is -0.347 e. The van der Waals surface area contributed by atoms with E-state index in [-0.39, 0.29) is 11.9 Å². The average Bonchev–Trinajstić information content (AvgIpc) is 3.05. The molecule has 2 N–H and O–H groups in total. The highest BCUT2D eigenvalue weighted by Gasteiger charge is 2.28. The first-order valence-corrected chi connectivity index (χ1v) is 8.18. The van der Waals surface area contributed by atoms with Gasteiger partial charge in [0, 0.05) is 17.7 Å². The van der Waals surface area contributed by atoms with Crippen LogP contribution in [-0.2, 0) is 6.42 Å². The van der Waals surface area contributed by atoms with Crippen molar-refractivity contribution in [2.75, 3.05) is 0 Å². The second-order valence-electron chi connectivity index (χ2n) is 6.01. The Hall–Kier alpha value is -2.10. The fourth-order valence-corrected chi connectivity index (χ4v) is 3.30. The number of nitrogens with one attached hydrogen (secondary N) is 2. The highest BCUT2D eigenvalue weighted by Crippen LogP contribution is 2.33. The Morgan fingerprint density at radius 1 is 1.27 bits per heavy atom. The van der Waals surface area contributed by atoms with Crippen molar-refractivity contribution in [1.82, 2.24) is 15.5 Å². The predicted octanol–water partition coefficient (Wildman–Crippen LogP) is 3.43. The first-order chi connectivity index (χ1) is 10.8. The van der Waals surface area contributed by atoms with Crippen molar-refractivity contribution in [3.63, 3.8) is 0 Å². The van der Waals surface area contributed by atoms with Gasteiger partial charge in [0.25, 0.3) is 5.91 Å². The summed E-state index contributed by atoms with van der Waals surface area (Å²) in [6, 6.07) is 12.6. The molecule has 1 saturated carbocycles. The number of aryl methyl sites for hydroxylation is 1. The third-order valence-corrected chi connectivity index (χ3v) is 4.55. The van der Waals surface area contributed by atoms with Crippen LogP contribution in [0.3, 0.4) is 0 Å². The number of rotatable bonds is 4. The van der Waals surface area contributed by atoms with Gasteiger partial charge < -0.3 is 5.32 Å². The van der Waals surface area contributed by atoms with Gasteiger partial charge in [0.1, 0.15) is 5.69 Å². The molecule has 0 bridgehead atoms. The minimum atomic E-state index is -0.0659. The summed E-state index contributed by atoms with van der Waals surface area (Å²) in [5.41, 5.74) is 2.81. The second kappa shape index (κ2) is 6.77. The molecule has 4 heteroatoms. The average molecular weight is 297 g/mol. The lowest BCUT2D eigenvalue weighted by Crippen LogP contribution is -2.41. The predicted molar refractivity (Wildman–Crippen MR) is 86.9 cm³/mol. The quantitative estimate of drug-likeness (QED) is 0.908. The van der Waals surface area contributed by atoms with Crippen LogP contribution in [0.1, 0.15) is 60.3 Å². The first kappa shape index (κ1) is 14.8. The molecule has 4 nitrogen and oxygen atoms in total. The van der Waals surface area contributed by atoms with Crippen LogP contribution in [0.2, 0.25) is 0 Å². The molecule has 0 unspecified atom stereocenters. The number of aromatic nitrogens is 2. The zero-order valence-electron chi connectivity index (χ0n) is 13.0. The minimum absolute atomic E-state index is 0.0659. The van der Waals surface area contributed by atoms with Gasteiger partial charge in [0.05, 0.1) is 0 Å². The first-order valence-electron chi connectivity index (χ1n) is 8.18. The fourth-order valence-electron chi connectivity index (χ4n) is 3.30. The van der Waals surface area contributed by atoms with E-state index in [0.29, 0.717) is 11.6 Å². The van der Waals surface area contributed by atoms with Crippen molar-refractivity contribution in [2.24, 2.45) is 0 Å². The third-order valence-electron chi connectivity index (χ3n) is 4.55. The van der Waals surface area contributed by atoms with Crippen molar-refractivity contribution in [3.8, 4) is 0 Å².